The molecule has 0 saturated heterocycles. The highest BCUT2D eigenvalue weighted by Crippen LogP contribution is 2.43. The number of carboxylic acid groups (broad SMARTS) is 1. The van der Waals surface area contributed by atoms with Crippen molar-refractivity contribution in [2.45, 2.75) is 212 Å². The molecule has 11 nitrogen and oxygen atoms in total. The highest BCUT2D eigenvalue weighted by Gasteiger charge is 2.28. The highest BCUT2D eigenvalue weighted by molar-refractivity contribution is 7.47. The molecule has 0 bridgehead atoms. The Hall–Kier alpha value is -1.52. The molecule has 0 aliphatic carbocycles. The van der Waals surface area contributed by atoms with Crippen molar-refractivity contribution in [1.29, 1.82) is 0 Å². The molecule has 51 heavy (non-hydrogen) atoms. The Morgan fingerprint density at radius 1 is 0.549 bits per heavy atom. The van der Waals surface area contributed by atoms with E-state index in [0.29, 0.717) is 12.8 Å². The fraction of sp³-hybridized carbons (Fsp3) is 0.923. The Morgan fingerprint density at radius 2 is 0.902 bits per heavy atom. The van der Waals surface area contributed by atoms with Gasteiger partial charge in [0.05, 0.1) is 13.2 Å². The normalized spacial score (nSPS) is 13.8. The molecule has 4 N–H and O–H groups in total. The van der Waals surface area contributed by atoms with Crippen LogP contribution in [0.25, 0.3) is 0 Å². The Kier molecular flexibility index (Phi) is 34.4. The molecule has 0 aliphatic rings. The molecular weight excluding hydrogens is 673 g/mol. The van der Waals surface area contributed by atoms with Gasteiger partial charge < -0.3 is 25.2 Å². The zero-order chi connectivity index (χ0) is 37.8. The average Bonchev–Trinajstić information content (AvgIpc) is 3.10. The van der Waals surface area contributed by atoms with Crippen molar-refractivity contribution in [2.24, 2.45) is 0 Å². The maximum Gasteiger partial charge on any atom is 0.472 e. The standard InChI is InChI=1S/C39H76NO10P/c1-3-5-7-9-11-13-14-15-16-17-18-19-20-21-23-24-26-28-30-37(42)40-36(39(44)45)34-50-51(46,47)49-33-35(41)32-48-38(43)31-29-27-25-22-12-10-8-6-4-2/h35-36,41H,3-34H2,1-2H3,(H,40,42)(H,44,45)(H,46,47). The van der Waals surface area contributed by atoms with Gasteiger partial charge in [0.1, 0.15) is 12.7 Å². The zero-order valence-corrected chi connectivity index (χ0v) is 33.3. The molecule has 0 radical (unpaired) electrons. The lowest BCUT2D eigenvalue weighted by Gasteiger charge is -2.18. The third kappa shape index (κ3) is 35.3. The number of carbonyl (C=O) groups is 3. The topological polar surface area (TPSA) is 169 Å². The molecule has 3 unspecified atom stereocenters. The van der Waals surface area contributed by atoms with Gasteiger partial charge in [0, 0.05) is 12.8 Å². The number of hydrogen-bond acceptors (Lipinski definition) is 8. The van der Waals surface area contributed by atoms with Crippen LogP contribution in [-0.4, -0.2) is 64.9 Å². The van der Waals surface area contributed by atoms with E-state index in [2.05, 4.69) is 19.2 Å². The van der Waals surface area contributed by atoms with Crippen molar-refractivity contribution in [2.75, 3.05) is 19.8 Å². The summed E-state index contributed by atoms with van der Waals surface area (Å²) in [5, 5.41) is 21.7. The lowest BCUT2D eigenvalue weighted by atomic mass is 10.0. The predicted molar refractivity (Wildman–Crippen MR) is 204 cm³/mol. The summed E-state index contributed by atoms with van der Waals surface area (Å²) in [5.41, 5.74) is 0. The Balaban J connectivity index is 3.88. The first-order valence-corrected chi connectivity index (χ1v) is 22.1. The second-order valence-corrected chi connectivity index (χ2v) is 15.6. The number of amides is 1. The molecule has 0 saturated carbocycles. The van der Waals surface area contributed by atoms with Crippen LogP contribution in [0.5, 0.6) is 0 Å². The number of phosphoric ester groups is 1. The Bertz CT molecular complexity index is 890. The largest absolute Gasteiger partial charge is 0.480 e. The van der Waals surface area contributed by atoms with Crippen LogP contribution in [-0.2, 0) is 32.7 Å². The van der Waals surface area contributed by atoms with Crippen molar-refractivity contribution < 1.29 is 47.8 Å². The van der Waals surface area contributed by atoms with Gasteiger partial charge in [-0.1, -0.05) is 174 Å². The number of phosphoric acid groups is 1. The van der Waals surface area contributed by atoms with E-state index >= 15 is 0 Å². The maximum absolute atomic E-state index is 12.3. The molecule has 0 heterocycles. The lowest BCUT2D eigenvalue weighted by Crippen LogP contribution is -2.43. The minimum atomic E-state index is -4.74. The van der Waals surface area contributed by atoms with Crippen molar-refractivity contribution in [3.05, 3.63) is 0 Å². The van der Waals surface area contributed by atoms with Crippen LogP contribution < -0.4 is 5.32 Å². The van der Waals surface area contributed by atoms with Crippen molar-refractivity contribution >= 4 is 25.7 Å². The molecule has 0 spiro atoms. The first-order valence-electron chi connectivity index (χ1n) is 20.6. The molecule has 0 aliphatic heterocycles. The summed E-state index contributed by atoms with van der Waals surface area (Å²) in [6.45, 7) is 2.58. The number of rotatable bonds is 39. The van der Waals surface area contributed by atoms with Crippen LogP contribution in [0.4, 0.5) is 0 Å². The average molecular weight is 750 g/mol. The minimum Gasteiger partial charge on any atom is -0.480 e. The molecule has 0 aromatic rings. The van der Waals surface area contributed by atoms with Crippen LogP contribution in [0.2, 0.25) is 0 Å². The Morgan fingerprint density at radius 3 is 1.29 bits per heavy atom. The van der Waals surface area contributed by atoms with Gasteiger partial charge >= 0.3 is 19.8 Å². The smallest absolute Gasteiger partial charge is 0.472 e. The summed E-state index contributed by atoms with van der Waals surface area (Å²) >= 11 is 0. The van der Waals surface area contributed by atoms with Gasteiger partial charge in [-0.25, -0.2) is 9.36 Å². The van der Waals surface area contributed by atoms with E-state index < -0.39 is 57.6 Å². The van der Waals surface area contributed by atoms with Crippen LogP contribution in [0.1, 0.15) is 200 Å². The third-order valence-electron chi connectivity index (χ3n) is 9.15. The summed E-state index contributed by atoms with van der Waals surface area (Å²) in [7, 11) is -4.74. The Labute approximate surface area is 310 Å². The van der Waals surface area contributed by atoms with E-state index in [1.54, 1.807) is 0 Å². The number of nitrogens with one attached hydrogen (secondary N) is 1. The first-order chi connectivity index (χ1) is 24.6. The number of carboxylic acids is 1. The van der Waals surface area contributed by atoms with Crippen molar-refractivity contribution in [1.82, 2.24) is 5.32 Å². The molecule has 302 valence electrons. The summed E-state index contributed by atoms with van der Waals surface area (Å²) in [5.74, 6) is -2.36. The van der Waals surface area contributed by atoms with Gasteiger partial charge in [-0.05, 0) is 12.8 Å². The summed E-state index contributed by atoms with van der Waals surface area (Å²) in [6, 6.07) is -1.54. The number of aliphatic carboxylic acids is 1. The second-order valence-electron chi connectivity index (χ2n) is 14.2. The van der Waals surface area contributed by atoms with Crippen LogP contribution in [0.3, 0.4) is 0 Å². The fourth-order valence-electron chi connectivity index (χ4n) is 5.90. The molecule has 12 heteroatoms. The SMILES string of the molecule is CCCCCCCCCCCCCCCCCCCCC(=O)NC(COP(=O)(O)OCC(O)COC(=O)CCCCCCCCCCC)C(=O)O. The molecular formula is C39H76NO10P. The molecule has 1 amide bonds. The first kappa shape index (κ1) is 49.5. The van der Waals surface area contributed by atoms with Crippen molar-refractivity contribution in [3.8, 4) is 0 Å². The maximum atomic E-state index is 12.3. The molecule has 0 aromatic heterocycles. The summed E-state index contributed by atoms with van der Waals surface area (Å²) in [4.78, 5) is 45.7. The van der Waals surface area contributed by atoms with E-state index in [4.69, 9.17) is 13.8 Å². The van der Waals surface area contributed by atoms with E-state index in [0.717, 1.165) is 38.5 Å². The molecule has 3 atom stereocenters. The predicted octanol–water partition coefficient (Wildman–Crippen LogP) is 9.95. The van der Waals surface area contributed by atoms with E-state index in [1.807, 2.05) is 0 Å². The van der Waals surface area contributed by atoms with Gasteiger partial charge in [-0.3, -0.25) is 18.6 Å². The number of unbranched alkanes of at least 4 members (excludes halogenated alkanes) is 25. The van der Waals surface area contributed by atoms with E-state index in [-0.39, 0.29) is 12.8 Å². The monoisotopic (exact) mass is 750 g/mol. The van der Waals surface area contributed by atoms with Crippen molar-refractivity contribution in [3.63, 3.8) is 0 Å². The van der Waals surface area contributed by atoms with E-state index in [9.17, 15) is 34.1 Å². The van der Waals surface area contributed by atoms with Crippen LogP contribution in [0.15, 0.2) is 0 Å². The van der Waals surface area contributed by atoms with Gasteiger partial charge in [0.25, 0.3) is 0 Å². The molecule has 0 fully saturated rings. The van der Waals surface area contributed by atoms with Crippen LogP contribution in [0, 0.1) is 0 Å². The second kappa shape index (κ2) is 35.5. The quantitative estimate of drug-likeness (QED) is 0.0270. The number of esters is 1. The highest BCUT2D eigenvalue weighted by atomic mass is 31.2. The molecule has 0 aromatic carbocycles. The number of ether oxygens (including phenoxy) is 1. The fourth-order valence-corrected chi connectivity index (χ4v) is 6.68. The minimum absolute atomic E-state index is 0.153. The number of aliphatic hydroxyl groups is 1. The van der Waals surface area contributed by atoms with Crippen LogP contribution >= 0.6 is 7.82 Å². The van der Waals surface area contributed by atoms with Gasteiger partial charge in [0.15, 0.2) is 6.04 Å². The third-order valence-corrected chi connectivity index (χ3v) is 10.1. The molecule has 0 rings (SSSR count). The van der Waals surface area contributed by atoms with Gasteiger partial charge in [0.2, 0.25) is 5.91 Å². The summed E-state index contributed by atoms with van der Waals surface area (Å²) < 4.78 is 26.7. The van der Waals surface area contributed by atoms with Gasteiger partial charge in [-0.15, -0.1) is 0 Å². The number of carbonyl (C=O) groups excluding carboxylic acids is 2. The zero-order valence-electron chi connectivity index (χ0n) is 32.4. The lowest BCUT2D eigenvalue weighted by molar-refractivity contribution is -0.147. The van der Waals surface area contributed by atoms with E-state index in [1.165, 1.54) is 122 Å². The summed E-state index contributed by atoms with van der Waals surface area (Å²) in [6.07, 6.45) is 31.4. The number of hydrogen-bond donors (Lipinski definition) is 4. The number of aliphatic hydroxyl groups excluding tert-OH is 1. The van der Waals surface area contributed by atoms with Gasteiger partial charge in [-0.2, -0.15) is 0 Å².